The molecular formula is C12H17N3. The zero-order valence-electron chi connectivity index (χ0n) is 9.33. The maximum atomic E-state index is 5.62. The van der Waals surface area contributed by atoms with Gasteiger partial charge in [0.15, 0.2) is 0 Å². The van der Waals surface area contributed by atoms with Crippen LogP contribution in [0.3, 0.4) is 0 Å². The van der Waals surface area contributed by atoms with Crippen molar-refractivity contribution in [2.45, 2.75) is 19.8 Å². The predicted molar refractivity (Wildman–Crippen MR) is 62.9 cm³/mol. The Hall–Kier alpha value is -1.35. The smallest absolute Gasteiger partial charge is 0.0703 e. The van der Waals surface area contributed by atoms with E-state index < -0.39 is 0 Å². The van der Waals surface area contributed by atoms with E-state index in [2.05, 4.69) is 30.2 Å². The zero-order valence-corrected chi connectivity index (χ0v) is 9.33. The first-order chi connectivity index (χ1) is 7.27. The number of benzene rings is 1. The summed E-state index contributed by atoms with van der Waals surface area (Å²) in [6.07, 6.45) is 1.90. The van der Waals surface area contributed by atoms with E-state index in [0.717, 1.165) is 12.8 Å². The maximum Gasteiger partial charge on any atom is 0.0703 e. The molecule has 2 aromatic rings. The van der Waals surface area contributed by atoms with Crippen LogP contribution in [0.1, 0.15) is 18.2 Å². The van der Waals surface area contributed by atoms with E-state index in [0.29, 0.717) is 6.54 Å². The molecule has 1 aromatic heterocycles. The number of aromatic nitrogens is 2. The Morgan fingerprint density at radius 1 is 1.40 bits per heavy atom. The Balaban J connectivity index is 2.70. The first-order valence-electron chi connectivity index (χ1n) is 5.41. The molecule has 0 aliphatic carbocycles. The van der Waals surface area contributed by atoms with Crippen molar-refractivity contribution < 1.29 is 0 Å². The third kappa shape index (κ3) is 1.63. The average Bonchev–Trinajstić information content (AvgIpc) is 2.58. The van der Waals surface area contributed by atoms with Crippen molar-refractivity contribution in [2.75, 3.05) is 6.54 Å². The van der Waals surface area contributed by atoms with Gasteiger partial charge in [-0.2, -0.15) is 5.10 Å². The molecule has 3 heteroatoms. The molecule has 3 nitrogen and oxygen atoms in total. The van der Waals surface area contributed by atoms with Gasteiger partial charge in [0, 0.05) is 12.4 Å². The van der Waals surface area contributed by atoms with Gasteiger partial charge in [-0.3, -0.25) is 4.68 Å². The number of aryl methyl sites for hydroxylation is 2. The van der Waals surface area contributed by atoms with Gasteiger partial charge < -0.3 is 5.73 Å². The number of nitrogens with two attached hydrogens (primary N) is 1. The molecule has 1 heterocycles. The fourth-order valence-electron chi connectivity index (χ4n) is 2.09. The second kappa shape index (κ2) is 4.03. The van der Waals surface area contributed by atoms with Gasteiger partial charge in [-0.25, -0.2) is 0 Å². The molecule has 0 aliphatic heterocycles. The third-order valence-corrected chi connectivity index (χ3v) is 2.79. The molecule has 80 valence electrons. The standard InChI is InChI=1S/C12H17N3/c1-3-10-12-9(7-8-13)5-4-6-11(12)15(2)14-10/h4-6H,3,7-8,13H2,1-2H3. The number of nitrogens with zero attached hydrogens (tertiary/aromatic N) is 2. The maximum absolute atomic E-state index is 5.62. The lowest BCUT2D eigenvalue weighted by Gasteiger charge is -2.02. The Morgan fingerprint density at radius 3 is 2.87 bits per heavy atom. The molecule has 0 atom stereocenters. The summed E-state index contributed by atoms with van der Waals surface area (Å²) < 4.78 is 1.95. The summed E-state index contributed by atoms with van der Waals surface area (Å²) in [4.78, 5) is 0. The van der Waals surface area contributed by atoms with Gasteiger partial charge in [0.1, 0.15) is 0 Å². The van der Waals surface area contributed by atoms with Gasteiger partial charge >= 0.3 is 0 Å². The average molecular weight is 203 g/mol. The van der Waals surface area contributed by atoms with Crippen LogP contribution in [-0.4, -0.2) is 16.3 Å². The molecular weight excluding hydrogens is 186 g/mol. The fraction of sp³-hybridized carbons (Fsp3) is 0.417. The number of hydrogen-bond acceptors (Lipinski definition) is 2. The molecule has 2 rings (SSSR count). The number of rotatable bonds is 3. The van der Waals surface area contributed by atoms with Crippen LogP contribution in [0.4, 0.5) is 0 Å². The summed E-state index contributed by atoms with van der Waals surface area (Å²) in [5.74, 6) is 0. The van der Waals surface area contributed by atoms with Crippen molar-refractivity contribution in [3.63, 3.8) is 0 Å². The highest BCUT2D eigenvalue weighted by Crippen LogP contribution is 2.22. The largest absolute Gasteiger partial charge is 0.330 e. The Morgan fingerprint density at radius 2 is 2.20 bits per heavy atom. The highest BCUT2D eigenvalue weighted by Gasteiger charge is 2.10. The van der Waals surface area contributed by atoms with Gasteiger partial charge in [-0.05, 0) is 31.0 Å². The zero-order chi connectivity index (χ0) is 10.8. The monoisotopic (exact) mass is 203 g/mol. The van der Waals surface area contributed by atoms with Crippen LogP contribution in [0, 0.1) is 0 Å². The van der Waals surface area contributed by atoms with E-state index >= 15 is 0 Å². The lowest BCUT2D eigenvalue weighted by molar-refractivity contribution is 0.770. The second-order valence-electron chi connectivity index (χ2n) is 3.77. The summed E-state index contributed by atoms with van der Waals surface area (Å²) >= 11 is 0. The normalized spacial score (nSPS) is 11.1. The highest BCUT2D eigenvalue weighted by molar-refractivity contribution is 5.85. The van der Waals surface area contributed by atoms with Crippen LogP contribution in [0.2, 0.25) is 0 Å². The topological polar surface area (TPSA) is 43.8 Å². The minimum atomic E-state index is 0.692. The molecule has 0 unspecified atom stereocenters. The van der Waals surface area contributed by atoms with Crippen LogP contribution in [0.15, 0.2) is 18.2 Å². The molecule has 0 saturated heterocycles. The van der Waals surface area contributed by atoms with Crippen molar-refractivity contribution in [1.82, 2.24) is 9.78 Å². The van der Waals surface area contributed by atoms with Gasteiger partial charge in [-0.1, -0.05) is 19.1 Å². The number of hydrogen-bond donors (Lipinski definition) is 1. The molecule has 15 heavy (non-hydrogen) atoms. The minimum Gasteiger partial charge on any atom is -0.330 e. The van der Waals surface area contributed by atoms with Crippen LogP contribution in [0.5, 0.6) is 0 Å². The summed E-state index contributed by atoms with van der Waals surface area (Å²) in [5, 5.41) is 5.83. The van der Waals surface area contributed by atoms with Gasteiger partial charge in [0.2, 0.25) is 0 Å². The number of fused-ring (bicyclic) bond motifs is 1. The van der Waals surface area contributed by atoms with E-state index in [-0.39, 0.29) is 0 Å². The quantitative estimate of drug-likeness (QED) is 0.824. The van der Waals surface area contributed by atoms with E-state index in [4.69, 9.17) is 5.73 Å². The van der Waals surface area contributed by atoms with Crippen molar-refractivity contribution in [3.05, 3.63) is 29.5 Å². The van der Waals surface area contributed by atoms with E-state index in [1.807, 2.05) is 11.7 Å². The lowest BCUT2D eigenvalue weighted by atomic mass is 10.0. The molecule has 1 aromatic carbocycles. The first-order valence-corrected chi connectivity index (χ1v) is 5.41. The van der Waals surface area contributed by atoms with Crippen molar-refractivity contribution in [1.29, 1.82) is 0 Å². The molecule has 0 bridgehead atoms. The summed E-state index contributed by atoms with van der Waals surface area (Å²) in [5.41, 5.74) is 9.33. The SMILES string of the molecule is CCc1nn(C)c2cccc(CCN)c12. The first kappa shape index (κ1) is 10.2. The Kier molecular flexibility index (Phi) is 2.73. The summed E-state index contributed by atoms with van der Waals surface area (Å²) in [7, 11) is 1.99. The van der Waals surface area contributed by atoms with E-state index in [9.17, 15) is 0 Å². The van der Waals surface area contributed by atoms with E-state index in [1.165, 1.54) is 22.2 Å². The van der Waals surface area contributed by atoms with Crippen LogP contribution in [0.25, 0.3) is 10.9 Å². The molecule has 0 aliphatic rings. The third-order valence-electron chi connectivity index (χ3n) is 2.79. The summed E-state index contributed by atoms with van der Waals surface area (Å²) in [6.45, 7) is 2.83. The van der Waals surface area contributed by atoms with Gasteiger partial charge in [-0.15, -0.1) is 0 Å². The van der Waals surface area contributed by atoms with Gasteiger partial charge in [0.25, 0.3) is 0 Å². The van der Waals surface area contributed by atoms with Crippen LogP contribution in [-0.2, 0) is 19.9 Å². The van der Waals surface area contributed by atoms with Gasteiger partial charge in [0.05, 0.1) is 11.2 Å². The van der Waals surface area contributed by atoms with Crippen molar-refractivity contribution in [2.24, 2.45) is 12.8 Å². The lowest BCUT2D eigenvalue weighted by Crippen LogP contribution is -2.03. The molecule has 2 N–H and O–H groups in total. The molecule has 0 spiro atoms. The molecule has 0 radical (unpaired) electrons. The van der Waals surface area contributed by atoms with Crippen LogP contribution >= 0.6 is 0 Å². The summed E-state index contributed by atoms with van der Waals surface area (Å²) in [6, 6.07) is 6.34. The second-order valence-corrected chi connectivity index (χ2v) is 3.77. The molecule has 0 amide bonds. The van der Waals surface area contributed by atoms with E-state index in [1.54, 1.807) is 0 Å². The van der Waals surface area contributed by atoms with Crippen LogP contribution < -0.4 is 5.73 Å². The highest BCUT2D eigenvalue weighted by atomic mass is 15.3. The fourth-order valence-corrected chi connectivity index (χ4v) is 2.09. The minimum absolute atomic E-state index is 0.692. The Bertz CT molecular complexity index is 471. The molecule has 0 saturated carbocycles. The predicted octanol–water partition coefficient (Wildman–Crippen LogP) is 1.64. The Labute approximate surface area is 89.9 Å². The molecule has 0 fully saturated rings. The van der Waals surface area contributed by atoms with Crippen molar-refractivity contribution in [3.8, 4) is 0 Å². The van der Waals surface area contributed by atoms with Crippen molar-refractivity contribution >= 4 is 10.9 Å².